The highest BCUT2D eigenvalue weighted by atomic mass is 32.2. The number of carbonyl (C=O) groups excluding carboxylic acids is 1. The van der Waals surface area contributed by atoms with Gasteiger partial charge in [0.2, 0.25) is 5.91 Å². The number of amides is 1. The van der Waals surface area contributed by atoms with E-state index < -0.39 is 0 Å². The fourth-order valence-electron chi connectivity index (χ4n) is 2.19. The molecule has 5 nitrogen and oxygen atoms in total. The Hall–Kier alpha value is -2.60. The molecule has 2 aromatic heterocycles. The molecule has 0 aliphatic heterocycles. The molecule has 0 aliphatic rings. The Morgan fingerprint density at radius 2 is 2.17 bits per heavy atom. The van der Waals surface area contributed by atoms with Gasteiger partial charge in [-0.2, -0.15) is 0 Å². The standard InChI is InChI=1S/C18H17N3O2S/c1-3-10-19-17(22)12(2)24-18-13-7-4-5-8-14(13)20-16(21-18)15-9-6-11-23-15/h3-9,11-12H,1,10H2,2H3,(H,19,22)/t12-/m1/s1. The van der Waals surface area contributed by atoms with E-state index in [1.54, 1.807) is 18.4 Å². The molecule has 3 aromatic rings. The Morgan fingerprint density at radius 1 is 1.33 bits per heavy atom. The second-order valence-corrected chi connectivity index (χ2v) is 6.47. The second kappa shape index (κ2) is 7.31. The maximum Gasteiger partial charge on any atom is 0.233 e. The van der Waals surface area contributed by atoms with E-state index >= 15 is 0 Å². The van der Waals surface area contributed by atoms with Gasteiger partial charge in [0.25, 0.3) is 0 Å². The number of hydrogen-bond acceptors (Lipinski definition) is 5. The molecule has 1 aromatic carbocycles. The lowest BCUT2D eigenvalue weighted by atomic mass is 10.2. The van der Waals surface area contributed by atoms with Crippen molar-refractivity contribution in [3.63, 3.8) is 0 Å². The summed E-state index contributed by atoms with van der Waals surface area (Å²) in [4.78, 5) is 21.3. The third-order valence-corrected chi connectivity index (χ3v) is 4.49. The minimum Gasteiger partial charge on any atom is -0.461 e. The number of furan rings is 1. The smallest absolute Gasteiger partial charge is 0.233 e. The summed E-state index contributed by atoms with van der Waals surface area (Å²) in [5.41, 5.74) is 0.820. The van der Waals surface area contributed by atoms with E-state index in [-0.39, 0.29) is 11.2 Å². The van der Waals surface area contributed by atoms with Crippen molar-refractivity contribution < 1.29 is 9.21 Å². The van der Waals surface area contributed by atoms with E-state index in [9.17, 15) is 4.79 Å². The van der Waals surface area contributed by atoms with E-state index in [1.165, 1.54) is 11.8 Å². The highest BCUT2D eigenvalue weighted by Crippen LogP contribution is 2.31. The Kier molecular flexibility index (Phi) is 4.96. The molecule has 0 radical (unpaired) electrons. The molecule has 3 rings (SSSR count). The molecule has 2 heterocycles. The molecule has 1 amide bonds. The maximum atomic E-state index is 12.1. The van der Waals surface area contributed by atoms with Gasteiger partial charge in [-0.15, -0.1) is 6.58 Å². The van der Waals surface area contributed by atoms with Crippen LogP contribution in [0.2, 0.25) is 0 Å². The average molecular weight is 339 g/mol. The molecule has 0 aliphatic carbocycles. The number of carbonyl (C=O) groups is 1. The van der Waals surface area contributed by atoms with Crippen LogP contribution in [-0.2, 0) is 4.79 Å². The molecule has 0 bridgehead atoms. The Labute approximate surface area is 144 Å². The fourth-order valence-corrected chi connectivity index (χ4v) is 3.15. The van der Waals surface area contributed by atoms with Crippen LogP contribution >= 0.6 is 11.8 Å². The van der Waals surface area contributed by atoms with Crippen LogP contribution in [0.25, 0.3) is 22.5 Å². The van der Waals surface area contributed by atoms with Crippen LogP contribution in [0.4, 0.5) is 0 Å². The fraction of sp³-hybridized carbons (Fsp3) is 0.167. The van der Waals surface area contributed by atoms with Crippen LogP contribution in [-0.4, -0.2) is 27.7 Å². The van der Waals surface area contributed by atoms with Gasteiger partial charge in [0.1, 0.15) is 5.03 Å². The van der Waals surface area contributed by atoms with Crippen molar-refractivity contribution in [1.82, 2.24) is 15.3 Å². The summed E-state index contributed by atoms with van der Waals surface area (Å²) in [6, 6.07) is 11.4. The third-order valence-electron chi connectivity index (χ3n) is 3.39. The molecule has 1 atom stereocenters. The van der Waals surface area contributed by atoms with Gasteiger partial charge in [0, 0.05) is 11.9 Å². The number of rotatable bonds is 6. The molecule has 1 N–H and O–H groups in total. The molecule has 122 valence electrons. The number of hydrogen-bond donors (Lipinski definition) is 1. The van der Waals surface area contributed by atoms with Crippen molar-refractivity contribution >= 4 is 28.6 Å². The summed E-state index contributed by atoms with van der Waals surface area (Å²) in [7, 11) is 0. The number of fused-ring (bicyclic) bond motifs is 1. The molecular formula is C18H17N3O2S. The van der Waals surface area contributed by atoms with Gasteiger partial charge in [-0.25, -0.2) is 9.97 Å². The van der Waals surface area contributed by atoms with Crippen molar-refractivity contribution in [3.05, 3.63) is 55.3 Å². The summed E-state index contributed by atoms with van der Waals surface area (Å²) >= 11 is 1.40. The first-order valence-corrected chi connectivity index (χ1v) is 8.43. The number of para-hydroxylation sites is 1. The predicted octanol–water partition coefficient (Wildman–Crippen LogP) is 3.67. The minimum absolute atomic E-state index is 0.0536. The quantitative estimate of drug-likeness (QED) is 0.421. The van der Waals surface area contributed by atoms with Gasteiger partial charge in [-0.3, -0.25) is 4.79 Å². The SMILES string of the molecule is C=CCNC(=O)[C@@H](C)Sc1nc(-c2ccco2)nc2ccccc12. The molecule has 0 saturated carbocycles. The minimum atomic E-state index is -0.285. The topological polar surface area (TPSA) is 68.0 Å². The van der Waals surface area contributed by atoms with E-state index in [1.807, 2.05) is 37.3 Å². The number of benzene rings is 1. The van der Waals surface area contributed by atoms with E-state index in [4.69, 9.17) is 4.42 Å². The van der Waals surface area contributed by atoms with Crippen molar-refractivity contribution in [1.29, 1.82) is 0 Å². The van der Waals surface area contributed by atoms with Gasteiger partial charge < -0.3 is 9.73 Å². The Bertz CT molecular complexity index is 862. The van der Waals surface area contributed by atoms with Crippen LogP contribution in [0.5, 0.6) is 0 Å². The molecule has 0 unspecified atom stereocenters. The maximum absolute atomic E-state index is 12.1. The van der Waals surface area contributed by atoms with E-state index in [0.29, 0.717) is 18.1 Å². The first-order valence-electron chi connectivity index (χ1n) is 7.55. The molecule has 0 spiro atoms. The zero-order valence-electron chi connectivity index (χ0n) is 13.2. The van der Waals surface area contributed by atoms with Crippen molar-refractivity contribution in [2.24, 2.45) is 0 Å². The van der Waals surface area contributed by atoms with Gasteiger partial charge in [0.15, 0.2) is 11.6 Å². The zero-order valence-corrected chi connectivity index (χ0v) is 14.0. The second-order valence-electron chi connectivity index (χ2n) is 5.14. The summed E-state index contributed by atoms with van der Waals surface area (Å²) in [6.45, 7) is 5.91. The summed E-state index contributed by atoms with van der Waals surface area (Å²) in [6.07, 6.45) is 3.25. The summed E-state index contributed by atoms with van der Waals surface area (Å²) in [5.74, 6) is 1.06. The highest BCUT2D eigenvalue weighted by Gasteiger charge is 2.18. The van der Waals surface area contributed by atoms with Crippen molar-refractivity contribution in [2.45, 2.75) is 17.2 Å². The Balaban J connectivity index is 1.96. The van der Waals surface area contributed by atoms with Crippen LogP contribution in [0.3, 0.4) is 0 Å². The predicted molar refractivity (Wildman–Crippen MR) is 95.8 cm³/mol. The molecular weight excluding hydrogens is 322 g/mol. The first-order chi connectivity index (χ1) is 11.7. The monoisotopic (exact) mass is 339 g/mol. The van der Waals surface area contributed by atoms with Crippen molar-refractivity contribution in [3.8, 4) is 11.6 Å². The highest BCUT2D eigenvalue weighted by molar-refractivity contribution is 8.00. The van der Waals surface area contributed by atoms with Crippen LogP contribution in [0, 0.1) is 0 Å². The summed E-state index contributed by atoms with van der Waals surface area (Å²) < 4.78 is 5.40. The molecule has 6 heteroatoms. The summed E-state index contributed by atoms with van der Waals surface area (Å²) in [5, 5.41) is 4.19. The zero-order chi connectivity index (χ0) is 16.9. The lowest BCUT2D eigenvalue weighted by Gasteiger charge is -2.12. The van der Waals surface area contributed by atoms with Gasteiger partial charge >= 0.3 is 0 Å². The number of nitrogens with one attached hydrogen (secondary N) is 1. The number of aromatic nitrogens is 2. The normalized spacial score (nSPS) is 12.0. The molecule has 0 saturated heterocycles. The van der Waals surface area contributed by atoms with Crippen LogP contribution in [0.1, 0.15) is 6.92 Å². The van der Waals surface area contributed by atoms with Crippen LogP contribution in [0.15, 0.2) is 64.8 Å². The number of nitrogens with zero attached hydrogens (tertiary/aromatic N) is 2. The van der Waals surface area contributed by atoms with Gasteiger partial charge in [-0.1, -0.05) is 36.0 Å². The third kappa shape index (κ3) is 3.49. The van der Waals surface area contributed by atoms with Gasteiger partial charge in [-0.05, 0) is 25.1 Å². The average Bonchev–Trinajstić information content (AvgIpc) is 3.14. The Morgan fingerprint density at radius 3 is 2.92 bits per heavy atom. The van der Waals surface area contributed by atoms with Crippen molar-refractivity contribution in [2.75, 3.05) is 6.54 Å². The van der Waals surface area contributed by atoms with E-state index in [0.717, 1.165) is 15.9 Å². The number of thioether (sulfide) groups is 1. The van der Waals surface area contributed by atoms with E-state index in [2.05, 4.69) is 21.9 Å². The lowest BCUT2D eigenvalue weighted by molar-refractivity contribution is -0.120. The molecule has 0 fully saturated rings. The van der Waals surface area contributed by atoms with Crippen LogP contribution < -0.4 is 5.32 Å². The largest absolute Gasteiger partial charge is 0.461 e. The lowest BCUT2D eigenvalue weighted by Crippen LogP contribution is -2.30. The first kappa shape index (κ1) is 16.3. The molecule has 24 heavy (non-hydrogen) atoms. The van der Waals surface area contributed by atoms with Gasteiger partial charge in [0.05, 0.1) is 17.0 Å².